The van der Waals surface area contributed by atoms with E-state index in [1.165, 1.54) is 0 Å². The molecule has 112 valence electrons. The monoisotopic (exact) mass is 301 g/mol. The number of benzene rings is 1. The quantitative estimate of drug-likeness (QED) is 0.771. The first-order chi connectivity index (χ1) is 9.35. The number of rotatable bonds is 7. The van der Waals surface area contributed by atoms with E-state index in [1.807, 2.05) is 12.1 Å². The Morgan fingerprint density at radius 1 is 1.25 bits per heavy atom. The molecule has 0 heterocycles. The van der Waals surface area contributed by atoms with Gasteiger partial charge in [-0.3, -0.25) is 8.98 Å². The molecule has 20 heavy (non-hydrogen) atoms. The van der Waals surface area contributed by atoms with Crippen molar-refractivity contribution in [2.24, 2.45) is 0 Å². The Bertz CT molecular complexity index is 536. The molecule has 1 aromatic carbocycles. The Hall–Kier alpha value is -1.44. The molecule has 0 aliphatic rings. The molecule has 0 atom stereocenters. The van der Waals surface area contributed by atoms with Gasteiger partial charge in [-0.05, 0) is 23.6 Å². The summed E-state index contributed by atoms with van der Waals surface area (Å²) < 4.78 is 30.3. The fraction of sp³-hybridized carbons (Fsp3) is 0.462. The highest BCUT2D eigenvalue weighted by Crippen LogP contribution is 2.14. The van der Waals surface area contributed by atoms with E-state index in [2.05, 4.69) is 27.5 Å². The highest BCUT2D eigenvalue weighted by atomic mass is 32.3. The van der Waals surface area contributed by atoms with Crippen molar-refractivity contribution in [1.82, 2.24) is 5.32 Å². The molecule has 1 amide bonds. The number of hydrogen-bond donors (Lipinski definition) is 1. The van der Waals surface area contributed by atoms with Gasteiger partial charge in [0.1, 0.15) is 0 Å². The van der Waals surface area contributed by atoms with E-state index in [0.29, 0.717) is 11.5 Å². The SMILES string of the molecule is COS(=O)(=O)OCCNC(=O)c1ccc(C(C)C)cc1. The second-order valence-corrected chi connectivity index (χ2v) is 5.82. The smallest absolute Gasteiger partial charge is 0.350 e. The molecule has 0 fully saturated rings. The van der Waals surface area contributed by atoms with E-state index in [0.717, 1.165) is 12.7 Å². The Kier molecular flexibility index (Phi) is 6.12. The third kappa shape index (κ3) is 5.28. The summed E-state index contributed by atoms with van der Waals surface area (Å²) >= 11 is 0. The predicted octanol–water partition coefficient (Wildman–Crippen LogP) is 1.45. The molecule has 0 saturated carbocycles. The van der Waals surface area contributed by atoms with Gasteiger partial charge in [-0.15, -0.1) is 0 Å². The molecular formula is C13H19NO5S. The van der Waals surface area contributed by atoms with Crippen LogP contribution in [0.1, 0.15) is 35.7 Å². The Balaban J connectivity index is 2.43. The van der Waals surface area contributed by atoms with Gasteiger partial charge in [0.15, 0.2) is 0 Å². The highest BCUT2D eigenvalue weighted by Gasteiger charge is 2.09. The van der Waals surface area contributed by atoms with Crippen molar-refractivity contribution >= 4 is 16.3 Å². The van der Waals surface area contributed by atoms with Crippen molar-refractivity contribution in [2.45, 2.75) is 19.8 Å². The van der Waals surface area contributed by atoms with Crippen molar-refractivity contribution in [3.63, 3.8) is 0 Å². The lowest BCUT2D eigenvalue weighted by atomic mass is 10.0. The van der Waals surface area contributed by atoms with Crippen LogP contribution < -0.4 is 5.32 Å². The molecule has 0 aromatic heterocycles. The summed E-state index contributed by atoms with van der Waals surface area (Å²) in [6.07, 6.45) is 0. The molecule has 0 aliphatic heterocycles. The predicted molar refractivity (Wildman–Crippen MR) is 74.7 cm³/mol. The molecule has 6 nitrogen and oxygen atoms in total. The summed E-state index contributed by atoms with van der Waals surface area (Å²) in [4.78, 5) is 11.8. The van der Waals surface area contributed by atoms with Crippen LogP contribution >= 0.6 is 0 Å². The number of carbonyl (C=O) groups excluding carboxylic acids is 1. The van der Waals surface area contributed by atoms with Crippen LogP contribution in [0.5, 0.6) is 0 Å². The average molecular weight is 301 g/mol. The topological polar surface area (TPSA) is 81.7 Å². The first-order valence-electron chi connectivity index (χ1n) is 6.19. The fourth-order valence-corrected chi connectivity index (χ4v) is 1.86. The van der Waals surface area contributed by atoms with Crippen LogP contribution in [0.15, 0.2) is 24.3 Å². The van der Waals surface area contributed by atoms with Crippen LogP contribution in [-0.4, -0.2) is 34.6 Å². The van der Waals surface area contributed by atoms with Crippen molar-refractivity contribution in [2.75, 3.05) is 20.3 Å². The van der Waals surface area contributed by atoms with Crippen molar-refractivity contribution in [3.8, 4) is 0 Å². The number of nitrogens with one attached hydrogen (secondary N) is 1. The van der Waals surface area contributed by atoms with Crippen LogP contribution in [0.25, 0.3) is 0 Å². The van der Waals surface area contributed by atoms with Crippen LogP contribution in [0.3, 0.4) is 0 Å². The lowest BCUT2D eigenvalue weighted by Gasteiger charge is -2.08. The molecule has 0 radical (unpaired) electrons. The Morgan fingerprint density at radius 3 is 2.35 bits per heavy atom. The average Bonchev–Trinajstić information content (AvgIpc) is 2.43. The van der Waals surface area contributed by atoms with Crippen molar-refractivity contribution in [3.05, 3.63) is 35.4 Å². The summed E-state index contributed by atoms with van der Waals surface area (Å²) in [6, 6.07) is 7.26. The van der Waals surface area contributed by atoms with Gasteiger partial charge in [-0.1, -0.05) is 26.0 Å². The van der Waals surface area contributed by atoms with E-state index >= 15 is 0 Å². The normalized spacial score (nSPS) is 11.6. The molecular weight excluding hydrogens is 282 g/mol. The minimum atomic E-state index is -3.95. The van der Waals surface area contributed by atoms with Gasteiger partial charge in [0, 0.05) is 12.1 Å². The molecule has 0 aliphatic carbocycles. The second-order valence-electron chi connectivity index (χ2n) is 4.43. The van der Waals surface area contributed by atoms with E-state index in [1.54, 1.807) is 12.1 Å². The summed E-state index contributed by atoms with van der Waals surface area (Å²) in [6.45, 7) is 4.05. The molecule has 1 rings (SSSR count). The second kappa shape index (κ2) is 7.37. The van der Waals surface area contributed by atoms with Crippen LogP contribution in [-0.2, 0) is 18.8 Å². The molecule has 1 aromatic rings. The van der Waals surface area contributed by atoms with E-state index in [-0.39, 0.29) is 19.1 Å². The van der Waals surface area contributed by atoms with Crippen LogP contribution in [0.2, 0.25) is 0 Å². The maximum Gasteiger partial charge on any atom is 0.399 e. The van der Waals surface area contributed by atoms with Gasteiger partial charge >= 0.3 is 10.4 Å². The largest absolute Gasteiger partial charge is 0.399 e. The highest BCUT2D eigenvalue weighted by molar-refractivity contribution is 7.81. The lowest BCUT2D eigenvalue weighted by molar-refractivity contribution is 0.0945. The van der Waals surface area contributed by atoms with Crippen LogP contribution in [0, 0.1) is 0 Å². The Labute approximate surface area is 119 Å². The summed E-state index contributed by atoms with van der Waals surface area (Å²) in [5.74, 6) is 0.124. The molecule has 0 spiro atoms. The van der Waals surface area contributed by atoms with Crippen molar-refractivity contribution in [1.29, 1.82) is 0 Å². The number of amides is 1. The third-order valence-corrected chi connectivity index (χ3v) is 3.52. The first-order valence-corrected chi connectivity index (χ1v) is 7.52. The minimum absolute atomic E-state index is 0.0767. The zero-order valence-electron chi connectivity index (χ0n) is 11.8. The lowest BCUT2D eigenvalue weighted by Crippen LogP contribution is -2.28. The first kappa shape index (κ1) is 16.6. The number of hydrogen-bond acceptors (Lipinski definition) is 5. The van der Waals surface area contributed by atoms with Gasteiger partial charge in [0.05, 0.1) is 13.7 Å². The Morgan fingerprint density at radius 2 is 1.85 bits per heavy atom. The zero-order valence-corrected chi connectivity index (χ0v) is 12.6. The van der Waals surface area contributed by atoms with Gasteiger partial charge in [-0.25, -0.2) is 4.18 Å². The molecule has 1 N–H and O–H groups in total. The molecule has 0 saturated heterocycles. The van der Waals surface area contributed by atoms with Gasteiger partial charge in [-0.2, -0.15) is 8.42 Å². The van der Waals surface area contributed by atoms with Gasteiger partial charge in [0.2, 0.25) is 0 Å². The van der Waals surface area contributed by atoms with Gasteiger partial charge < -0.3 is 5.32 Å². The van der Waals surface area contributed by atoms with Crippen LogP contribution in [0.4, 0.5) is 0 Å². The van der Waals surface area contributed by atoms with Crippen molar-refractivity contribution < 1.29 is 21.6 Å². The maximum absolute atomic E-state index is 11.8. The van der Waals surface area contributed by atoms with E-state index < -0.39 is 10.4 Å². The zero-order chi connectivity index (χ0) is 15.2. The fourth-order valence-electron chi connectivity index (χ4n) is 1.48. The molecule has 7 heteroatoms. The summed E-state index contributed by atoms with van der Waals surface area (Å²) in [5, 5.41) is 2.56. The minimum Gasteiger partial charge on any atom is -0.350 e. The van der Waals surface area contributed by atoms with E-state index in [9.17, 15) is 13.2 Å². The summed E-state index contributed by atoms with van der Waals surface area (Å²) in [5.41, 5.74) is 1.67. The molecule has 0 unspecified atom stereocenters. The van der Waals surface area contributed by atoms with Gasteiger partial charge in [0.25, 0.3) is 5.91 Å². The summed E-state index contributed by atoms with van der Waals surface area (Å²) in [7, 11) is -2.94. The number of carbonyl (C=O) groups is 1. The van der Waals surface area contributed by atoms with E-state index in [4.69, 9.17) is 0 Å². The maximum atomic E-state index is 11.8. The molecule has 0 bridgehead atoms. The standard InChI is InChI=1S/C13H19NO5S/c1-10(2)11-4-6-12(7-5-11)13(15)14-8-9-19-20(16,17)18-3/h4-7,10H,8-9H2,1-3H3,(H,14,15). The third-order valence-electron chi connectivity index (χ3n) is 2.66.